The maximum absolute atomic E-state index is 2.44. The summed E-state index contributed by atoms with van der Waals surface area (Å²) >= 11 is 3.91. The van der Waals surface area contributed by atoms with Gasteiger partial charge in [0.25, 0.3) is 0 Å². The van der Waals surface area contributed by atoms with Gasteiger partial charge in [-0.05, 0) is 0 Å². The molecule has 0 bridgehead atoms. The molecule has 0 radical (unpaired) electrons. The van der Waals surface area contributed by atoms with Crippen LogP contribution in [-0.4, -0.2) is 14.7 Å². The van der Waals surface area contributed by atoms with E-state index in [9.17, 15) is 0 Å². The second-order valence-corrected chi connectivity index (χ2v) is 17.7. The van der Waals surface area contributed by atoms with Gasteiger partial charge in [0.2, 0.25) is 0 Å². The molecule has 0 fully saturated rings. The molecule has 3 heterocycles. The molecular formula is C36H21AsS3. The van der Waals surface area contributed by atoms with Gasteiger partial charge in [-0.15, -0.1) is 0 Å². The van der Waals surface area contributed by atoms with Gasteiger partial charge in [-0.25, -0.2) is 0 Å². The average molecular weight is 625 g/mol. The molecular weight excluding hydrogens is 604 g/mol. The van der Waals surface area contributed by atoms with Crippen molar-refractivity contribution in [2.75, 3.05) is 0 Å². The van der Waals surface area contributed by atoms with Crippen molar-refractivity contribution in [3.05, 3.63) is 127 Å². The summed E-state index contributed by atoms with van der Waals surface area (Å²) in [5.74, 6) is 0. The molecule has 6 aromatic carbocycles. The number of benzene rings is 6. The number of fused-ring (bicyclic) bond motifs is 9. The fourth-order valence-corrected chi connectivity index (χ4v) is 16.9. The van der Waals surface area contributed by atoms with Crippen molar-refractivity contribution in [2.45, 2.75) is 0 Å². The third-order valence-electron chi connectivity index (χ3n) is 7.87. The van der Waals surface area contributed by atoms with Crippen LogP contribution in [0.25, 0.3) is 60.5 Å². The molecule has 0 unspecified atom stereocenters. The topological polar surface area (TPSA) is 0 Å². The first-order valence-electron chi connectivity index (χ1n) is 13.4. The van der Waals surface area contributed by atoms with Crippen molar-refractivity contribution < 1.29 is 0 Å². The van der Waals surface area contributed by atoms with Crippen LogP contribution in [0, 0.1) is 0 Å². The third-order valence-corrected chi connectivity index (χ3v) is 17.9. The summed E-state index contributed by atoms with van der Waals surface area (Å²) in [5.41, 5.74) is 0. The van der Waals surface area contributed by atoms with E-state index in [1.165, 1.54) is 60.5 Å². The predicted molar refractivity (Wildman–Crippen MR) is 183 cm³/mol. The van der Waals surface area contributed by atoms with Crippen LogP contribution >= 0.6 is 34.0 Å². The fourth-order valence-electron chi connectivity index (χ4n) is 6.11. The van der Waals surface area contributed by atoms with Gasteiger partial charge < -0.3 is 0 Å². The molecule has 0 atom stereocenters. The number of hydrogen-bond donors (Lipinski definition) is 0. The number of rotatable bonds is 3. The summed E-state index contributed by atoms with van der Waals surface area (Å²) in [6, 6.07) is 47.9. The Labute approximate surface area is 248 Å². The van der Waals surface area contributed by atoms with E-state index in [-0.39, 0.29) is 0 Å². The van der Waals surface area contributed by atoms with E-state index in [1.807, 2.05) is 34.0 Å². The van der Waals surface area contributed by atoms with Crippen LogP contribution in [0.3, 0.4) is 0 Å². The van der Waals surface area contributed by atoms with Gasteiger partial charge in [0.05, 0.1) is 0 Å². The van der Waals surface area contributed by atoms with Gasteiger partial charge in [0.15, 0.2) is 0 Å². The monoisotopic (exact) mass is 624 g/mol. The van der Waals surface area contributed by atoms with Crippen LogP contribution < -0.4 is 13.1 Å². The second-order valence-electron chi connectivity index (χ2n) is 10.1. The first kappa shape index (κ1) is 23.3. The molecule has 9 aromatic rings. The molecule has 0 aliphatic rings. The maximum atomic E-state index is 2.44. The van der Waals surface area contributed by atoms with Crippen molar-refractivity contribution in [3.8, 4) is 0 Å². The van der Waals surface area contributed by atoms with Crippen molar-refractivity contribution >= 4 is 122 Å². The number of thiophene rings is 3. The van der Waals surface area contributed by atoms with Crippen LogP contribution in [0.1, 0.15) is 0 Å². The van der Waals surface area contributed by atoms with Gasteiger partial charge in [-0.3, -0.25) is 0 Å². The fraction of sp³-hybridized carbons (Fsp3) is 0. The van der Waals surface area contributed by atoms with Crippen molar-refractivity contribution in [2.24, 2.45) is 0 Å². The Hall–Kier alpha value is -3.46. The molecule has 0 amide bonds. The first-order valence-corrected chi connectivity index (χ1v) is 18.6. The normalized spacial score (nSPS) is 12.2. The van der Waals surface area contributed by atoms with Crippen molar-refractivity contribution in [1.29, 1.82) is 0 Å². The predicted octanol–water partition coefficient (Wildman–Crippen LogP) is 9.31. The zero-order valence-electron chi connectivity index (χ0n) is 21.3. The Morgan fingerprint density at radius 3 is 0.950 bits per heavy atom. The SMILES string of the molecule is c1ccc2c(c1)sc1c([As](c3cccc4c3sc3ccccc34)c3cccc4c3sc3ccccc34)cccc12. The molecule has 0 nitrogen and oxygen atoms in total. The molecule has 188 valence electrons. The van der Waals surface area contributed by atoms with Gasteiger partial charge in [0.1, 0.15) is 0 Å². The van der Waals surface area contributed by atoms with Gasteiger partial charge >= 0.3 is 250 Å². The van der Waals surface area contributed by atoms with Crippen LogP contribution in [0.2, 0.25) is 0 Å². The Morgan fingerprint density at radius 1 is 0.300 bits per heavy atom. The molecule has 0 aliphatic heterocycles. The van der Waals surface area contributed by atoms with E-state index in [1.54, 1.807) is 13.1 Å². The van der Waals surface area contributed by atoms with Crippen LogP contribution in [0.15, 0.2) is 127 Å². The summed E-state index contributed by atoms with van der Waals surface area (Å²) in [5, 5.41) is 8.30. The van der Waals surface area contributed by atoms with E-state index in [0.29, 0.717) is 0 Å². The Kier molecular flexibility index (Phi) is 5.25. The minimum atomic E-state index is -2.00. The van der Waals surface area contributed by atoms with Crippen LogP contribution in [0.4, 0.5) is 0 Å². The Morgan fingerprint density at radius 2 is 0.600 bits per heavy atom. The molecule has 40 heavy (non-hydrogen) atoms. The molecule has 0 saturated heterocycles. The molecule has 0 N–H and O–H groups in total. The second kappa shape index (κ2) is 9.02. The molecule has 4 heteroatoms. The van der Waals surface area contributed by atoms with Gasteiger partial charge in [0, 0.05) is 0 Å². The molecule has 0 aliphatic carbocycles. The molecule has 0 spiro atoms. The average Bonchev–Trinajstić information content (AvgIpc) is 3.70. The first-order chi connectivity index (χ1) is 19.8. The summed E-state index contributed by atoms with van der Waals surface area (Å²) in [7, 11) is 0. The summed E-state index contributed by atoms with van der Waals surface area (Å²) in [6.45, 7) is 0. The van der Waals surface area contributed by atoms with Crippen LogP contribution in [-0.2, 0) is 0 Å². The van der Waals surface area contributed by atoms with E-state index in [2.05, 4.69) is 127 Å². The van der Waals surface area contributed by atoms with Gasteiger partial charge in [-0.2, -0.15) is 0 Å². The Bertz CT molecular complexity index is 2130. The van der Waals surface area contributed by atoms with E-state index in [0.717, 1.165) is 0 Å². The van der Waals surface area contributed by atoms with Crippen LogP contribution in [0.5, 0.6) is 0 Å². The van der Waals surface area contributed by atoms with Gasteiger partial charge in [-0.1, -0.05) is 0 Å². The Balaban J connectivity index is 1.43. The zero-order valence-corrected chi connectivity index (χ0v) is 25.6. The van der Waals surface area contributed by atoms with Crippen molar-refractivity contribution in [1.82, 2.24) is 0 Å². The standard InChI is InChI=1S/C36H21AsS3/c1-4-19-31-22(10-1)25-13-7-16-28(34(25)38-31)37(29-17-8-14-26-23-11-2-5-20-32(23)39-35(26)29)30-18-9-15-27-24-12-3-6-21-33(24)40-36(27)30/h1-21H. The minimum absolute atomic E-state index is 1.37. The summed E-state index contributed by atoms with van der Waals surface area (Å²) in [6.07, 6.45) is 0. The zero-order chi connectivity index (χ0) is 26.2. The quantitative estimate of drug-likeness (QED) is 0.172. The number of hydrogen-bond acceptors (Lipinski definition) is 3. The molecule has 3 aromatic heterocycles. The van der Waals surface area contributed by atoms with E-state index in [4.69, 9.17) is 0 Å². The van der Waals surface area contributed by atoms with E-state index < -0.39 is 14.7 Å². The molecule has 9 rings (SSSR count). The summed E-state index contributed by atoms with van der Waals surface area (Å²) in [4.78, 5) is 0. The van der Waals surface area contributed by atoms with E-state index >= 15 is 0 Å². The summed E-state index contributed by atoms with van der Waals surface area (Å²) < 4.78 is 13.1. The van der Waals surface area contributed by atoms with Crippen molar-refractivity contribution in [3.63, 3.8) is 0 Å². The molecule has 0 saturated carbocycles. The third kappa shape index (κ3) is 3.36.